The fourth-order valence-corrected chi connectivity index (χ4v) is 5.16. The number of hydrogen-bond donors (Lipinski definition) is 1. The highest BCUT2D eigenvalue weighted by atomic mass is 32.2. The molecule has 1 aliphatic rings. The Morgan fingerprint density at radius 2 is 1.89 bits per heavy atom. The number of thioether (sulfide) groups is 1. The number of amides is 3. The third kappa shape index (κ3) is 8.55. The van der Waals surface area contributed by atoms with Gasteiger partial charge in [-0.3, -0.25) is 9.69 Å². The van der Waals surface area contributed by atoms with Gasteiger partial charge in [0.25, 0.3) is 0 Å². The summed E-state index contributed by atoms with van der Waals surface area (Å²) < 4.78 is 63.4. The normalized spacial score (nSPS) is 15.0. The predicted molar refractivity (Wildman–Crippen MR) is 171 cm³/mol. The van der Waals surface area contributed by atoms with Crippen LogP contribution >= 0.6 is 11.8 Å². The van der Waals surface area contributed by atoms with E-state index in [1.54, 1.807) is 24.3 Å². The van der Waals surface area contributed by atoms with Crippen molar-refractivity contribution >= 4 is 52.4 Å². The largest absolute Gasteiger partial charge is 0.573 e. The first-order valence-electron chi connectivity index (χ1n) is 14.3. The van der Waals surface area contributed by atoms with Crippen molar-refractivity contribution in [3.63, 3.8) is 0 Å². The summed E-state index contributed by atoms with van der Waals surface area (Å²) in [5, 5.41) is 6.81. The van der Waals surface area contributed by atoms with E-state index in [2.05, 4.69) is 25.1 Å². The molecule has 10 nitrogen and oxygen atoms in total. The number of hydrogen-bond acceptors (Lipinski definition) is 7. The van der Waals surface area contributed by atoms with Crippen LogP contribution in [0.3, 0.4) is 0 Å². The predicted octanol–water partition coefficient (Wildman–Crippen LogP) is 7.63. The molecule has 0 radical (unpaired) electrons. The molecule has 0 bridgehead atoms. The van der Waals surface area contributed by atoms with Crippen molar-refractivity contribution in [1.29, 1.82) is 0 Å². The maximum Gasteiger partial charge on any atom is 0.573 e. The number of rotatable bonds is 9. The molecule has 47 heavy (non-hydrogen) atoms. The summed E-state index contributed by atoms with van der Waals surface area (Å²) in [4.78, 5) is 35.2. The van der Waals surface area contributed by atoms with E-state index in [1.165, 1.54) is 46.3 Å². The van der Waals surface area contributed by atoms with Crippen molar-refractivity contribution in [2.75, 3.05) is 16.0 Å². The number of halogens is 4. The van der Waals surface area contributed by atoms with E-state index < -0.39 is 18.2 Å². The zero-order valence-electron chi connectivity index (χ0n) is 25.3. The first kappa shape index (κ1) is 33.2. The number of urea groups is 1. The molecule has 1 N–H and O–H groups in total. The number of alkyl halides is 3. The second-order valence-corrected chi connectivity index (χ2v) is 11.3. The number of amidine groups is 1. The number of carbonyl (C=O) groups is 2. The number of aromatic nitrogens is 3. The van der Waals surface area contributed by atoms with Gasteiger partial charge in [0, 0.05) is 0 Å². The Morgan fingerprint density at radius 3 is 2.60 bits per heavy atom. The van der Waals surface area contributed by atoms with Crippen LogP contribution in [-0.4, -0.2) is 50.1 Å². The van der Waals surface area contributed by atoms with Crippen LogP contribution in [0.2, 0.25) is 0 Å². The topological polar surface area (TPSA) is 111 Å². The van der Waals surface area contributed by atoms with Crippen molar-refractivity contribution < 1.29 is 36.6 Å². The third-order valence-corrected chi connectivity index (χ3v) is 7.65. The van der Waals surface area contributed by atoms with Gasteiger partial charge < -0.3 is 14.8 Å². The van der Waals surface area contributed by atoms with Gasteiger partial charge in [-0.25, -0.2) is 18.9 Å². The van der Waals surface area contributed by atoms with E-state index in [4.69, 9.17) is 4.74 Å². The molecule has 15 heteroatoms. The van der Waals surface area contributed by atoms with E-state index >= 15 is 0 Å². The van der Waals surface area contributed by atoms with Crippen LogP contribution in [0.4, 0.5) is 33.7 Å². The van der Waals surface area contributed by atoms with E-state index in [1.807, 2.05) is 26.8 Å². The quantitative estimate of drug-likeness (QED) is 0.183. The molecule has 2 heterocycles. The van der Waals surface area contributed by atoms with Crippen molar-refractivity contribution in [3.8, 4) is 17.2 Å². The lowest BCUT2D eigenvalue weighted by atomic mass is 10.2. The van der Waals surface area contributed by atoms with Crippen LogP contribution in [0.1, 0.15) is 37.2 Å². The van der Waals surface area contributed by atoms with E-state index in [-0.39, 0.29) is 40.2 Å². The van der Waals surface area contributed by atoms with Gasteiger partial charge in [0.2, 0.25) is 5.91 Å². The second-order valence-electron chi connectivity index (χ2n) is 10.3. The fourth-order valence-electron chi connectivity index (χ4n) is 4.30. The lowest BCUT2D eigenvalue weighted by Crippen LogP contribution is -2.31. The van der Waals surface area contributed by atoms with Crippen LogP contribution in [0.5, 0.6) is 11.5 Å². The van der Waals surface area contributed by atoms with Crippen LogP contribution < -0.4 is 19.7 Å². The van der Waals surface area contributed by atoms with Crippen LogP contribution in [-0.2, 0) is 4.79 Å². The molecular weight excluding hydrogens is 640 g/mol. The van der Waals surface area contributed by atoms with Gasteiger partial charge in [-0.2, -0.15) is 4.99 Å². The van der Waals surface area contributed by atoms with Crippen LogP contribution in [0.25, 0.3) is 17.8 Å². The number of anilines is 2. The van der Waals surface area contributed by atoms with E-state index in [0.29, 0.717) is 22.7 Å². The molecule has 4 aromatic rings. The second kappa shape index (κ2) is 14.1. The Kier molecular flexibility index (Phi) is 9.94. The molecular formula is C32H28F4N6O4S. The molecule has 3 aromatic carbocycles. The van der Waals surface area contributed by atoms with Gasteiger partial charge in [-0.1, -0.05) is 36.9 Å². The highest BCUT2D eigenvalue weighted by molar-refractivity contribution is 8.15. The fraction of sp³-hybridized carbons (Fsp3) is 0.219. The number of aryl methyl sites for hydroxylation is 1. The summed E-state index contributed by atoms with van der Waals surface area (Å²) >= 11 is 1.09. The maximum absolute atomic E-state index is 15.0. The first-order valence-corrected chi connectivity index (χ1v) is 15.3. The lowest BCUT2D eigenvalue weighted by Gasteiger charge is -2.22. The zero-order valence-corrected chi connectivity index (χ0v) is 26.1. The minimum Gasteiger partial charge on any atom is -0.489 e. The van der Waals surface area contributed by atoms with Crippen molar-refractivity contribution in [2.24, 2.45) is 4.99 Å². The molecule has 1 aromatic heterocycles. The Labute approximate surface area is 271 Å². The maximum atomic E-state index is 15.0. The van der Waals surface area contributed by atoms with Crippen molar-refractivity contribution in [2.45, 2.75) is 39.7 Å². The summed E-state index contributed by atoms with van der Waals surface area (Å²) in [7, 11) is 0. The molecule has 1 fully saturated rings. The van der Waals surface area contributed by atoms with Gasteiger partial charge in [-0.05, 0) is 86.0 Å². The highest BCUT2D eigenvalue weighted by Gasteiger charge is 2.33. The monoisotopic (exact) mass is 668 g/mol. The average molecular weight is 669 g/mol. The van der Waals surface area contributed by atoms with Crippen LogP contribution in [0, 0.1) is 12.7 Å². The van der Waals surface area contributed by atoms with Gasteiger partial charge in [-0.15, -0.1) is 18.3 Å². The molecule has 5 rings (SSSR count). The summed E-state index contributed by atoms with van der Waals surface area (Å²) in [6.07, 6.45) is 0.300. The Balaban J connectivity index is 1.25. The first-order chi connectivity index (χ1) is 22.4. The molecule has 1 saturated heterocycles. The Morgan fingerprint density at radius 1 is 1.13 bits per heavy atom. The number of carbonyl (C=O) groups excluding carboxylic acids is 2. The van der Waals surface area contributed by atoms with Gasteiger partial charge in [0.15, 0.2) is 11.0 Å². The van der Waals surface area contributed by atoms with Gasteiger partial charge in [0.1, 0.15) is 23.6 Å². The van der Waals surface area contributed by atoms with Crippen molar-refractivity contribution in [1.82, 2.24) is 14.8 Å². The lowest BCUT2D eigenvalue weighted by molar-refractivity contribution is -0.274. The Bertz CT molecular complexity index is 1840. The molecule has 1 aliphatic heterocycles. The molecule has 244 valence electrons. The third-order valence-electron chi connectivity index (χ3n) is 6.73. The average Bonchev–Trinajstić information content (AvgIpc) is 3.64. The molecule has 1 atom stereocenters. The number of nitrogens with zero attached hydrogens (tertiary/aromatic N) is 5. The smallest absolute Gasteiger partial charge is 0.489 e. The summed E-state index contributed by atoms with van der Waals surface area (Å²) in [5.41, 5.74) is 2.13. The molecule has 0 saturated carbocycles. The molecule has 0 spiro atoms. The molecule has 3 amide bonds. The molecule has 0 aliphatic carbocycles. The Hall–Kier alpha value is -5.18. The molecule has 1 unspecified atom stereocenters. The van der Waals surface area contributed by atoms with Gasteiger partial charge >= 0.3 is 12.4 Å². The van der Waals surface area contributed by atoms with Gasteiger partial charge in [0.05, 0.1) is 28.9 Å². The summed E-state index contributed by atoms with van der Waals surface area (Å²) in [6.45, 7) is 5.77. The number of nitrogens with one attached hydrogen (secondary N) is 1. The number of aliphatic imine (C=N–C) groups is 1. The number of ether oxygens (including phenoxy) is 2. The highest BCUT2D eigenvalue weighted by Crippen LogP contribution is 2.36. The van der Waals surface area contributed by atoms with E-state index in [0.717, 1.165) is 35.9 Å². The minimum atomic E-state index is -4.79. The standard InChI is InChI=1S/C32H28F4N6O4S/c1-4-20(3)45-27-13-5-19(2)15-26(27)42-29(43)17-47-31(42)39-30(44)38-25-12-6-21(16-24(25)33)7-14-28-37-18-41(40-28)22-8-10-23(11-9-22)46-32(34,35)36/h5-16,18,20H,4,17H2,1-3H3,(H,38,44)/b14-7+,39-31-. The zero-order chi connectivity index (χ0) is 33.7. The number of benzene rings is 3. The van der Waals surface area contributed by atoms with Crippen LogP contribution in [0.15, 0.2) is 72.0 Å². The SMILES string of the molecule is CCC(C)Oc1ccc(C)cc1N1C(=O)CS/C1=N\C(=O)Nc1ccc(/C=C/c2ncn(-c3ccc(OC(F)(F)F)cc3)n2)cc1F. The van der Waals surface area contributed by atoms with Crippen molar-refractivity contribution in [3.05, 3.63) is 89.8 Å². The summed E-state index contributed by atoms with van der Waals surface area (Å²) in [6, 6.07) is 13.8. The summed E-state index contributed by atoms with van der Waals surface area (Å²) in [5.74, 6) is -0.540. The van der Waals surface area contributed by atoms with E-state index in [9.17, 15) is 27.2 Å². The minimum absolute atomic E-state index is 0.0779.